The van der Waals surface area contributed by atoms with E-state index in [1.54, 1.807) is 42.5 Å². The number of carbonyl (C=O) groups is 1. The second-order valence-corrected chi connectivity index (χ2v) is 8.25. The van der Waals surface area contributed by atoms with Crippen LogP contribution in [0.2, 0.25) is 0 Å². The first-order valence-electron chi connectivity index (χ1n) is 9.54. The topological polar surface area (TPSA) is 110 Å². The fraction of sp³-hybridized carbons (Fsp3) is 0. The maximum Gasteiger partial charge on any atom is 0.264 e. The number of nitrogens with zero attached hydrogens (tertiary/aromatic N) is 2. The molecule has 3 aromatic carbocycles. The van der Waals surface area contributed by atoms with Crippen LogP contribution in [-0.4, -0.2) is 24.3 Å². The highest BCUT2D eigenvalue weighted by Crippen LogP contribution is 2.26. The van der Waals surface area contributed by atoms with Gasteiger partial charge >= 0.3 is 0 Å². The van der Waals surface area contributed by atoms with Gasteiger partial charge in [-0.3, -0.25) is 4.79 Å². The van der Waals surface area contributed by atoms with E-state index in [1.165, 1.54) is 36.7 Å². The lowest BCUT2D eigenvalue weighted by Gasteiger charge is -2.12. The third-order valence-corrected chi connectivity index (χ3v) is 5.66. The number of aromatic nitrogens is 2. The van der Waals surface area contributed by atoms with Crippen molar-refractivity contribution in [1.82, 2.24) is 9.97 Å². The summed E-state index contributed by atoms with van der Waals surface area (Å²) >= 11 is 0. The Labute approximate surface area is 185 Å². The van der Waals surface area contributed by atoms with Gasteiger partial charge in [0.1, 0.15) is 11.5 Å². The molecule has 160 valence electrons. The first kappa shape index (κ1) is 21.0. The fourth-order valence-electron chi connectivity index (χ4n) is 2.81. The number of carbonyl (C=O) groups excluding carboxylic acids is 1. The van der Waals surface area contributed by atoms with Crippen molar-refractivity contribution >= 4 is 27.6 Å². The predicted molar refractivity (Wildman–Crippen MR) is 120 cm³/mol. The van der Waals surface area contributed by atoms with Crippen molar-refractivity contribution in [3.05, 3.63) is 103 Å². The van der Waals surface area contributed by atoms with Crippen LogP contribution >= 0.6 is 0 Å². The summed E-state index contributed by atoms with van der Waals surface area (Å²) in [6.45, 7) is 0. The molecule has 1 amide bonds. The number of sulfonamides is 1. The molecule has 0 saturated heterocycles. The quantitative estimate of drug-likeness (QED) is 0.437. The van der Waals surface area contributed by atoms with Crippen LogP contribution in [0.15, 0.2) is 102 Å². The number of ether oxygens (including phenoxy) is 1. The number of benzene rings is 3. The molecule has 8 nitrogen and oxygen atoms in total. The van der Waals surface area contributed by atoms with Crippen molar-refractivity contribution in [3.8, 4) is 11.5 Å². The van der Waals surface area contributed by atoms with Gasteiger partial charge in [0.25, 0.3) is 15.9 Å². The molecule has 32 heavy (non-hydrogen) atoms. The number of para-hydroxylation sites is 2. The molecule has 0 unspecified atom stereocenters. The molecule has 0 aliphatic heterocycles. The lowest BCUT2D eigenvalue weighted by molar-refractivity contribution is 0.102. The smallest absolute Gasteiger partial charge is 0.264 e. The maximum absolute atomic E-state index is 12.8. The number of rotatable bonds is 7. The Morgan fingerprint density at radius 1 is 0.781 bits per heavy atom. The van der Waals surface area contributed by atoms with Crippen LogP contribution in [0, 0.1) is 0 Å². The zero-order valence-electron chi connectivity index (χ0n) is 16.7. The lowest BCUT2D eigenvalue weighted by Crippen LogP contribution is -2.15. The van der Waals surface area contributed by atoms with Gasteiger partial charge in [0.2, 0.25) is 5.95 Å². The Morgan fingerprint density at radius 2 is 1.44 bits per heavy atom. The van der Waals surface area contributed by atoms with Crippen molar-refractivity contribution in [1.29, 1.82) is 0 Å². The molecular weight excluding hydrogens is 428 g/mol. The van der Waals surface area contributed by atoms with Gasteiger partial charge < -0.3 is 10.1 Å². The molecule has 0 saturated carbocycles. The minimum atomic E-state index is -3.86. The van der Waals surface area contributed by atoms with Crippen molar-refractivity contribution in [3.63, 3.8) is 0 Å². The normalized spacial score (nSPS) is 10.9. The summed E-state index contributed by atoms with van der Waals surface area (Å²) in [7, 11) is -3.86. The second-order valence-electron chi connectivity index (χ2n) is 6.57. The highest BCUT2D eigenvalue weighted by Gasteiger charge is 2.17. The number of nitrogens with one attached hydrogen (secondary N) is 2. The lowest BCUT2D eigenvalue weighted by atomic mass is 10.2. The van der Waals surface area contributed by atoms with E-state index in [9.17, 15) is 13.2 Å². The summed E-state index contributed by atoms with van der Waals surface area (Å²) in [5.41, 5.74) is 0.773. The van der Waals surface area contributed by atoms with Gasteiger partial charge in [-0.1, -0.05) is 30.3 Å². The number of hydrogen-bond donors (Lipinski definition) is 2. The van der Waals surface area contributed by atoms with Gasteiger partial charge in [-0.05, 0) is 54.6 Å². The van der Waals surface area contributed by atoms with E-state index in [1.807, 2.05) is 18.2 Å². The highest BCUT2D eigenvalue weighted by molar-refractivity contribution is 7.92. The maximum atomic E-state index is 12.8. The van der Waals surface area contributed by atoms with Crippen LogP contribution < -0.4 is 14.8 Å². The van der Waals surface area contributed by atoms with E-state index in [2.05, 4.69) is 20.0 Å². The Hall–Kier alpha value is -4.24. The molecule has 2 N–H and O–H groups in total. The summed E-state index contributed by atoms with van der Waals surface area (Å²) in [4.78, 5) is 20.5. The molecule has 0 bridgehead atoms. The molecule has 0 aliphatic rings. The Kier molecular flexibility index (Phi) is 6.09. The summed E-state index contributed by atoms with van der Waals surface area (Å²) in [5, 5.41) is 2.75. The minimum absolute atomic E-state index is 0.00997. The molecule has 0 spiro atoms. The van der Waals surface area contributed by atoms with Crippen LogP contribution in [0.4, 0.5) is 11.6 Å². The van der Waals surface area contributed by atoms with Crippen molar-refractivity contribution in [2.45, 2.75) is 4.90 Å². The largest absolute Gasteiger partial charge is 0.457 e. The van der Waals surface area contributed by atoms with E-state index < -0.39 is 10.0 Å². The number of amides is 1. The van der Waals surface area contributed by atoms with E-state index in [0.29, 0.717) is 22.7 Å². The highest BCUT2D eigenvalue weighted by atomic mass is 32.2. The molecule has 0 atom stereocenters. The molecule has 4 aromatic rings. The molecule has 1 aromatic heterocycles. The van der Waals surface area contributed by atoms with Crippen LogP contribution in [0.3, 0.4) is 0 Å². The van der Waals surface area contributed by atoms with Crippen molar-refractivity contribution < 1.29 is 17.9 Å². The van der Waals surface area contributed by atoms with E-state index >= 15 is 0 Å². The molecule has 0 radical (unpaired) electrons. The van der Waals surface area contributed by atoms with Crippen LogP contribution in [0.1, 0.15) is 10.4 Å². The van der Waals surface area contributed by atoms with Gasteiger partial charge in [0, 0.05) is 18.1 Å². The van der Waals surface area contributed by atoms with Crippen molar-refractivity contribution in [2.75, 3.05) is 10.0 Å². The fourth-order valence-corrected chi connectivity index (χ4v) is 3.76. The zero-order valence-corrected chi connectivity index (χ0v) is 17.5. The predicted octanol–water partition coefficient (Wildman–Crippen LogP) is 4.32. The van der Waals surface area contributed by atoms with Crippen LogP contribution in [0.5, 0.6) is 11.5 Å². The Morgan fingerprint density at radius 3 is 2.16 bits per heavy atom. The van der Waals surface area contributed by atoms with Gasteiger partial charge in [0.05, 0.1) is 10.5 Å². The molecule has 4 rings (SSSR count). The SMILES string of the molecule is O=C(Nc1ccc(S(=O)(=O)Nc2ncccn2)cc1)c1ccccc1Oc1ccccc1. The Balaban J connectivity index is 1.48. The average molecular weight is 446 g/mol. The van der Waals surface area contributed by atoms with Gasteiger partial charge in [-0.25, -0.2) is 23.1 Å². The van der Waals surface area contributed by atoms with Gasteiger partial charge in [0.15, 0.2) is 0 Å². The average Bonchev–Trinajstić information content (AvgIpc) is 2.81. The summed E-state index contributed by atoms with van der Waals surface area (Å²) in [5.74, 6) is 0.600. The first-order valence-corrected chi connectivity index (χ1v) is 11.0. The number of hydrogen-bond acceptors (Lipinski definition) is 6. The molecule has 9 heteroatoms. The van der Waals surface area contributed by atoms with Gasteiger partial charge in [-0.2, -0.15) is 0 Å². The summed E-state index contributed by atoms with van der Waals surface area (Å²) in [6.07, 6.45) is 2.87. The van der Waals surface area contributed by atoms with Gasteiger partial charge in [-0.15, -0.1) is 0 Å². The second kappa shape index (κ2) is 9.27. The van der Waals surface area contributed by atoms with E-state index in [0.717, 1.165) is 0 Å². The standard InChI is InChI=1S/C23H18N4O4S/c28-22(20-9-4-5-10-21(20)31-18-7-2-1-3-8-18)26-17-11-13-19(14-12-17)32(29,30)27-23-24-15-6-16-25-23/h1-16H,(H,26,28)(H,24,25,27). The minimum Gasteiger partial charge on any atom is -0.457 e. The zero-order chi connectivity index (χ0) is 22.4. The molecular formula is C23H18N4O4S. The number of anilines is 2. The molecule has 0 fully saturated rings. The van der Waals surface area contributed by atoms with Crippen LogP contribution in [-0.2, 0) is 10.0 Å². The summed E-state index contributed by atoms with van der Waals surface area (Å²) in [6, 6.07) is 23.3. The monoisotopic (exact) mass is 446 g/mol. The van der Waals surface area contributed by atoms with E-state index in [4.69, 9.17) is 4.74 Å². The first-order chi connectivity index (χ1) is 15.5. The van der Waals surface area contributed by atoms with Crippen molar-refractivity contribution in [2.24, 2.45) is 0 Å². The van der Waals surface area contributed by atoms with E-state index in [-0.39, 0.29) is 16.8 Å². The molecule has 1 heterocycles. The summed E-state index contributed by atoms with van der Waals surface area (Å²) < 4.78 is 33.1. The Bertz CT molecular complexity index is 1310. The van der Waals surface area contributed by atoms with Crippen LogP contribution in [0.25, 0.3) is 0 Å². The third kappa shape index (κ3) is 5.08. The third-order valence-electron chi connectivity index (χ3n) is 4.32. The molecule has 0 aliphatic carbocycles.